The predicted octanol–water partition coefficient (Wildman–Crippen LogP) is 4.24. The Morgan fingerprint density at radius 2 is 1.79 bits per heavy atom. The normalized spacial score (nSPS) is 10.8. The second kappa shape index (κ2) is 5.19. The molecule has 1 heterocycles. The van der Waals surface area contributed by atoms with Crippen molar-refractivity contribution in [3.63, 3.8) is 0 Å². The van der Waals surface area contributed by atoms with E-state index in [-0.39, 0.29) is 0 Å². The van der Waals surface area contributed by atoms with Gasteiger partial charge in [-0.15, -0.1) is 0 Å². The van der Waals surface area contributed by atoms with Gasteiger partial charge < -0.3 is 9.30 Å². The van der Waals surface area contributed by atoms with E-state index >= 15 is 0 Å². The van der Waals surface area contributed by atoms with E-state index in [4.69, 9.17) is 4.74 Å². The van der Waals surface area contributed by atoms with E-state index in [0.717, 1.165) is 12.3 Å². The highest BCUT2D eigenvalue weighted by molar-refractivity contribution is 5.86. The van der Waals surface area contributed by atoms with Crippen LogP contribution in [-0.4, -0.2) is 4.57 Å². The summed E-state index contributed by atoms with van der Waals surface area (Å²) in [4.78, 5) is 0. The minimum absolute atomic E-state index is 0.608. The van der Waals surface area contributed by atoms with Gasteiger partial charge in [0, 0.05) is 18.1 Å². The quantitative estimate of drug-likeness (QED) is 0.676. The van der Waals surface area contributed by atoms with Crippen LogP contribution in [0.1, 0.15) is 12.5 Å². The van der Waals surface area contributed by atoms with Gasteiger partial charge in [-0.25, -0.2) is 0 Å². The number of nitrogens with zero attached hydrogens (tertiary/aromatic N) is 1. The van der Waals surface area contributed by atoms with Crippen LogP contribution in [0.2, 0.25) is 0 Å². The van der Waals surface area contributed by atoms with Gasteiger partial charge in [0.2, 0.25) is 0 Å². The Hall–Kier alpha value is -2.22. The van der Waals surface area contributed by atoms with Crippen LogP contribution in [-0.2, 0) is 13.2 Å². The van der Waals surface area contributed by atoms with Crippen LogP contribution in [0.4, 0.5) is 0 Å². The standard InChI is InChI=1S/C17H17NO/c1-2-18-12-11-15-16(18)9-6-10-17(15)19-13-14-7-4-3-5-8-14/h3-12H,2,13H2,1H3. The highest BCUT2D eigenvalue weighted by Gasteiger charge is 2.05. The number of hydrogen-bond acceptors (Lipinski definition) is 1. The van der Waals surface area contributed by atoms with Crippen molar-refractivity contribution in [1.82, 2.24) is 4.57 Å². The smallest absolute Gasteiger partial charge is 0.129 e. The summed E-state index contributed by atoms with van der Waals surface area (Å²) >= 11 is 0. The zero-order valence-electron chi connectivity index (χ0n) is 11.0. The fourth-order valence-electron chi connectivity index (χ4n) is 2.33. The number of aryl methyl sites for hydroxylation is 1. The summed E-state index contributed by atoms with van der Waals surface area (Å²) in [5, 5.41) is 1.18. The third-order valence-corrected chi connectivity index (χ3v) is 3.35. The lowest BCUT2D eigenvalue weighted by atomic mass is 10.2. The van der Waals surface area contributed by atoms with Crippen molar-refractivity contribution in [3.8, 4) is 5.75 Å². The average Bonchev–Trinajstić information content (AvgIpc) is 2.90. The second-order valence-corrected chi connectivity index (χ2v) is 4.56. The molecule has 2 heteroatoms. The summed E-state index contributed by atoms with van der Waals surface area (Å²) in [5.41, 5.74) is 2.42. The number of benzene rings is 2. The fraction of sp³-hybridized carbons (Fsp3) is 0.176. The lowest BCUT2D eigenvalue weighted by molar-refractivity contribution is 0.310. The maximum Gasteiger partial charge on any atom is 0.129 e. The van der Waals surface area contributed by atoms with Gasteiger partial charge in [-0.3, -0.25) is 0 Å². The zero-order valence-corrected chi connectivity index (χ0v) is 11.0. The molecular weight excluding hydrogens is 234 g/mol. The largest absolute Gasteiger partial charge is 0.488 e. The molecule has 0 aliphatic heterocycles. The van der Waals surface area contributed by atoms with E-state index in [1.54, 1.807) is 0 Å². The van der Waals surface area contributed by atoms with Crippen LogP contribution in [0, 0.1) is 0 Å². The molecule has 0 radical (unpaired) electrons. The second-order valence-electron chi connectivity index (χ2n) is 4.56. The van der Waals surface area contributed by atoms with Gasteiger partial charge >= 0.3 is 0 Å². The fourth-order valence-corrected chi connectivity index (χ4v) is 2.33. The van der Waals surface area contributed by atoms with Gasteiger partial charge in [-0.2, -0.15) is 0 Å². The van der Waals surface area contributed by atoms with E-state index in [1.165, 1.54) is 16.5 Å². The predicted molar refractivity (Wildman–Crippen MR) is 78.4 cm³/mol. The molecule has 0 unspecified atom stereocenters. The Bertz CT molecular complexity index is 670. The van der Waals surface area contributed by atoms with Crippen LogP contribution in [0.5, 0.6) is 5.75 Å². The molecule has 3 rings (SSSR count). The summed E-state index contributed by atoms with van der Waals surface area (Å²) < 4.78 is 8.18. The number of ether oxygens (including phenoxy) is 1. The molecule has 0 fully saturated rings. The molecular formula is C17H17NO. The minimum atomic E-state index is 0.608. The molecule has 0 N–H and O–H groups in total. The Balaban J connectivity index is 1.87. The van der Waals surface area contributed by atoms with Crippen molar-refractivity contribution in [2.75, 3.05) is 0 Å². The first-order valence-corrected chi connectivity index (χ1v) is 6.63. The van der Waals surface area contributed by atoms with E-state index < -0.39 is 0 Å². The van der Waals surface area contributed by atoms with Crippen molar-refractivity contribution in [2.45, 2.75) is 20.1 Å². The Morgan fingerprint density at radius 3 is 2.58 bits per heavy atom. The maximum absolute atomic E-state index is 5.95. The summed E-state index contributed by atoms with van der Waals surface area (Å²) in [7, 11) is 0. The van der Waals surface area contributed by atoms with Crippen molar-refractivity contribution >= 4 is 10.9 Å². The summed E-state index contributed by atoms with van der Waals surface area (Å²) in [6.07, 6.45) is 2.11. The van der Waals surface area contributed by atoms with E-state index in [1.807, 2.05) is 24.3 Å². The molecule has 0 amide bonds. The monoisotopic (exact) mass is 251 g/mol. The van der Waals surface area contributed by atoms with Crippen LogP contribution in [0.15, 0.2) is 60.8 Å². The summed E-state index contributed by atoms with van der Waals surface area (Å²) in [6.45, 7) is 3.74. The summed E-state index contributed by atoms with van der Waals surface area (Å²) in [6, 6.07) is 18.6. The maximum atomic E-state index is 5.95. The van der Waals surface area contributed by atoms with Crippen LogP contribution in [0.25, 0.3) is 10.9 Å². The first-order valence-electron chi connectivity index (χ1n) is 6.63. The van der Waals surface area contributed by atoms with E-state index in [0.29, 0.717) is 6.61 Å². The van der Waals surface area contributed by atoms with Crippen molar-refractivity contribution in [1.29, 1.82) is 0 Å². The van der Waals surface area contributed by atoms with Gasteiger partial charge in [-0.1, -0.05) is 36.4 Å². The Labute approximate surface area is 113 Å². The molecule has 0 aliphatic rings. The Morgan fingerprint density at radius 1 is 0.947 bits per heavy atom. The number of hydrogen-bond donors (Lipinski definition) is 0. The highest BCUT2D eigenvalue weighted by atomic mass is 16.5. The molecule has 1 aromatic heterocycles. The van der Waals surface area contributed by atoms with Gasteiger partial charge in [0.1, 0.15) is 12.4 Å². The lowest BCUT2D eigenvalue weighted by Gasteiger charge is -2.08. The first-order chi connectivity index (χ1) is 9.38. The topological polar surface area (TPSA) is 14.2 Å². The SMILES string of the molecule is CCn1ccc2c(OCc3ccccc3)cccc21. The molecule has 3 aromatic rings. The lowest BCUT2D eigenvalue weighted by Crippen LogP contribution is -1.96. The molecule has 2 aromatic carbocycles. The molecule has 0 spiro atoms. The molecule has 0 atom stereocenters. The first kappa shape index (κ1) is 11.8. The molecule has 19 heavy (non-hydrogen) atoms. The molecule has 0 aliphatic carbocycles. The minimum Gasteiger partial charge on any atom is -0.488 e. The van der Waals surface area contributed by atoms with Gasteiger partial charge in [0.05, 0.1) is 5.52 Å². The van der Waals surface area contributed by atoms with Crippen LogP contribution >= 0.6 is 0 Å². The molecule has 0 saturated heterocycles. The molecule has 0 bridgehead atoms. The summed E-state index contributed by atoms with van der Waals surface area (Å²) in [5.74, 6) is 0.952. The average molecular weight is 251 g/mol. The van der Waals surface area contributed by atoms with Crippen LogP contribution < -0.4 is 4.74 Å². The highest BCUT2D eigenvalue weighted by Crippen LogP contribution is 2.27. The molecule has 96 valence electrons. The van der Waals surface area contributed by atoms with Crippen molar-refractivity contribution in [3.05, 3.63) is 66.4 Å². The van der Waals surface area contributed by atoms with Gasteiger partial charge in [0.25, 0.3) is 0 Å². The number of rotatable bonds is 4. The molecule has 0 saturated carbocycles. The van der Waals surface area contributed by atoms with Crippen LogP contribution in [0.3, 0.4) is 0 Å². The third-order valence-electron chi connectivity index (χ3n) is 3.35. The number of aromatic nitrogens is 1. The van der Waals surface area contributed by atoms with E-state index in [2.05, 4.69) is 48.0 Å². The molecule has 2 nitrogen and oxygen atoms in total. The number of fused-ring (bicyclic) bond motifs is 1. The third kappa shape index (κ3) is 2.34. The van der Waals surface area contributed by atoms with E-state index in [9.17, 15) is 0 Å². The zero-order chi connectivity index (χ0) is 13.1. The van der Waals surface area contributed by atoms with Gasteiger partial charge in [-0.05, 0) is 30.7 Å². The van der Waals surface area contributed by atoms with Crippen molar-refractivity contribution in [2.24, 2.45) is 0 Å². The van der Waals surface area contributed by atoms with Gasteiger partial charge in [0.15, 0.2) is 0 Å². The van der Waals surface area contributed by atoms with Crippen molar-refractivity contribution < 1.29 is 4.74 Å². The Kier molecular flexibility index (Phi) is 3.23.